The molecule has 0 aromatic heterocycles. The third-order valence-corrected chi connectivity index (χ3v) is 6.02. The Hall–Kier alpha value is -0.650. The fourth-order valence-corrected chi connectivity index (χ4v) is 4.71. The monoisotopic (exact) mass is 322 g/mol. The molecule has 3 unspecified atom stereocenters. The van der Waals surface area contributed by atoms with Gasteiger partial charge in [-0.2, -0.15) is 0 Å². The highest BCUT2D eigenvalue weighted by Gasteiger charge is 2.46. The molecule has 5 nitrogen and oxygen atoms in total. The summed E-state index contributed by atoms with van der Waals surface area (Å²) in [5.41, 5.74) is 0.242. The standard InChI is InChI=1S/C18H34N4O/c1-17(2,3)22-11-13-6-7-14(20-13)15(22)10-18(4,5)21-9-8-19-16(23)12-21/h13-15,20H,6-12H2,1-5H3,(H,19,23). The molecule has 2 N–H and O–H groups in total. The van der Waals surface area contributed by atoms with Crippen LogP contribution in [0.2, 0.25) is 0 Å². The lowest BCUT2D eigenvalue weighted by atomic mass is 9.85. The van der Waals surface area contributed by atoms with Crippen molar-refractivity contribution in [3.05, 3.63) is 0 Å². The summed E-state index contributed by atoms with van der Waals surface area (Å²) in [6.45, 7) is 15.1. The van der Waals surface area contributed by atoms with Crippen LogP contribution < -0.4 is 10.6 Å². The Bertz CT molecular complexity index is 456. The number of hydrogen-bond donors (Lipinski definition) is 2. The fraction of sp³-hybridized carbons (Fsp3) is 0.944. The highest BCUT2D eigenvalue weighted by atomic mass is 16.2. The van der Waals surface area contributed by atoms with Gasteiger partial charge in [0.15, 0.2) is 0 Å². The molecule has 5 heteroatoms. The van der Waals surface area contributed by atoms with Crippen molar-refractivity contribution >= 4 is 5.91 Å². The van der Waals surface area contributed by atoms with Gasteiger partial charge in [-0.15, -0.1) is 0 Å². The molecule has 2 bridgehead atoms. The van der Waals surface area contributed by atoms with Crippen LogP contribution in [-0.2, 0) is 4.79 Å². The van der Waals surface area contributed by atoms with E-state index < -0.39 is 0 Å². The molecule has 3 saturated heterocycles. The highest BCUT2D eigenvalue weighted by molar-refractivity contribution is 5.78. The van der Waals surface area contributed by atoms with Crippen molar-refractivity contribution in [2.75, 3.05) is 26.2 Å². The van der Waals surface area contributed by atoms with E-state index in [1.54, 1.807) is 0 Å². The molecule has 1 amide bonds. The molecule has 0 saturated carbocycles. The van der Waals surface area contributed by atoms with Crippen LogP contribution in [-0.4, -0.2) is 71.1 Å². The van der Waals surface area contributed by atoms with Gasteiger partial charge in [-0.1, -0.05) is 0 Å². The molecule has 3 atom stereocenters. The van der Waals surface area contributed by atoms with Crippen molar-refractivity contribution in [3.63, 3.8) is 0 Å². The van der Waals surface area contributed by atoms with E-state index in [0.29, 0.717) is 24.7 Å². The van der Waals surface area contributed by atoms with E-state index in [4.69, 9.17) is 0 Å². The Morgan fingerprint density at radius 3 is 2.57 bits per heavy atom. The summed E-state index contributed by atoms with van der Waals surface area (Å²) in [5, 5.41) is 6.78. The zero-order valence-corrected chi connectivity index (χ0v) is 15.5. The van der Waals surface area contributed by atoms with Crippen molar-refractivity contribution < 1.29 is 4.79 Å². The SMILES string of the molecule is CC(C)(C)N1CC2CCC(N2)C1CC(C)(C)N1CCNC(=O)C1. The largest absolute Gasteiger partial charge is 0.354 e. The van der Waals surface area contributed by atoms with Gasteiger partial charge in [-0.3, -0.25) is 14.6 Å². The minimum Gasteiger partial charge on any atom is -0.354 e. The third-order valence-electron chi connectivity index (χ3n) is 6.02. The first kappa shape index (κ1) is 17.2. The predicted octanol–water partition coefficient (Wildman–Crippen LogP) is 1.19. The van der Waals surface area contributed by atoms with E-state index >= 15 is 0 Å². The first-order chi connectivity index (χ1) is 10.7. The molecule has 0 aliphatic carbocycles. The van der Waals surface area contributed by atoms with Crippen molar-refractivity contribution in [1.29, 1.82) is 0 Å². The summed E-state index contributed by atoms with van der Waals surface area (Å²) in [6.07, 6.45) is 3.71. The summed E-state index contributed by atoms with van der Waals surface area (Å²) in [7, 11) is 0. The smallest absolute Gasteiger partial charge is 0.234 e. The predicted molar refractivity (Wildman–Crippen MR) is 93.5 cm³/mol. The highest BCUT2D eigenvalue weighted by Crippen LogP contribution is 2.36. The third kappa shape index (κ3) is 3.57. The quantitative estimate of drug-likeness (QED) is 0.819. The van der Waals surface area contributed by atoms with E-state index in [1.807, 2.05) is 0 Å². The topological polar surface area (TPSA) is 47.6 Å². The van der Waals surface area contributed by atoms with E-state index in [1.165, 1.54) is 12.8 Å². The maximum Gasteiger partial charge on any atom is 0.234 e. The molecule has 0 aromatic carbocycles. The van der Waals surface area contributed by atoms with E-state index in [9.17, 15) is 4.79 Å². The number of likely N-dealkylation sites (tertiary alicyclic amines) is 1. The molecule has 0 radical (unpaired) electrons. The van der Waals surface area contributed by atoms with Crippen molar-refractivity contribution in [3.8, 4) is 0 Å². The zero-order valence-electron chi connectivity index (χ0n) is 15.5. The summed E-state index contributed by atoms with van der Waals surface area (Å²) < 4.78 is 0. The summed E-state index contributed by atoms with van der Waals surface area (Å²) in [5.74, 6) is 0.166. The van der Waals surface area contributed by atoms with Crippen LogP contribution in [0.1, 0.15) is 53.9 Å². The lowest BCUT2D eigenvalue weighted by molar-refractivity contribution is -0.126. The number of piperazine rings is 2. The van der Waals surface area contributed by atoms with Crippen molar-refractivity contribution in [1.82, 2.24) is 20.4 Å². The Labute approximate surface area is 141 Å². The van der Waals surface area contributed by atoms with Crippen molar-refractivity contribution in [2.24, 2.45) is 0 Å². The van der Waals surface area contributed by atoms with Gasteiger partial charge in [0, 0.05) is 48.8 Å². The molecular weight excluding hydrogens is 288 g/mol. The fourth-order valence-electron chi connectivity index (χ4n) is 4.71. The number of carbonyl (C=O) groups excluding carboxylic acids is 1. The molecule has 132 valence electrons. The number of carbonyl (C=O) groups is 1. The number of fused-ring (bicyclic) bond motifs is 2. The number of nitrogens with zero attached hydrogens (tertiary/aromatic N) is 2. The van der Waals surface area contributed by atoms with Crippen LogP contribution >= 0.6 is 0 Å². The number of hydrogen-bond acceptors (Lipinski definition) is 4. The second kappa shape index (κ2) is 6.01. The average molecular weight is 322 g/mol. The van der Waals surface area contributed by atoms with Gasteiger partial charge < -0.3 is 10.6 Å². The van der Waals surface area contributed by atoms with Gasteiger partial charge in [-0.25, -0.2) is 0 Å². The summed E-state index contributed by atoms with van der Waals surface area (Å²) >= 11 is 0. The Balaban J connectivity index is 1.76. The number of rotatable bonds is 3. The molecule has 3 fully saturated rings. The van der Waals surface area contributed by atoms with Gasteiger partial charge in [0.2, 0.25) is 5.91 Å². The molecule has 3 heterocycles. The number of nitrogens with one attached hydrogen (secondary N) is 2. The molecule has 23 heavy (non-hydrogen) atoms. The van der Waals surface area contributed by atoms with Gasteiger partial charge >= 0.3 is 0 Å². The molecule has 3 rings (SSSR count). The normalized spacial score (nSPS) is 33.8. The van der Waals surface area contributed by atoms with Crippen LogP contribution in [0, 0.1) is 0 Å². The molecule has 3 aliphatic rings. The first-order valence-electron chi connectivity index (χ1n) is 9.21. The summed E-state index contributed by atoms with van der Waals surface area (Å²) in [4.78, 5) is 16.9. The summed E-state index contributed by atoms with van der Waals surface area (Å²) in [6, 6.07) is 1.82. The Morgan fingerprint density at radius 1 is 1.17 bits per heavy atom. The van der Waals surface area contributed by atoms with Crippen LogP contribution in [0.15, 0.2) is 0 Å². The lowest BCUT2D eigenvalue weighted by Gasteiger charge is -2.52. The van der Waals surface area contributed by atoms with E-state index in [2.05, 4.69) is 55.1 Å². The molecular formula is C18H34N4O. The zero-order chi connectivity index (χ0) is 16.8. The van der Waals surface area contributed by atoms with Gasteiger partial charge in [0.05, 0.1) is 6.54 Å². The average Bonchev–Trinajstić information content (AvgIpc) is 2.83. The molecule has 0 aromatic rings. The van der Waals surface area contributed by atoms with E-state index in [-0.39, 0.29) is 17.0 Å². The van der Waals surface area contributed by atoms with E-state index in [0.717, 1.165) is 26.1 Å². The van der Waals surface area contributed by atoms with Gasteiger partial charge in [-0.05, 0) is 53.9 Å². The van der Waals surface area contributed by atoms with Gasteiger partial charge in [0.1, 0.15) is 0 Å². The van der Waals surface area contributed by atoms with Gasteiger partial charge in [0.25, 0.3) is 0 Å². The Morgan fingerprint density at radius 2 is 1.91 bits per heavy atom. The van der Waals surface area contributed by atoms with Crippen LogP contribution in [0.25, 0.3) is 0 Å². The second-order valence-electron chi connectivity index (χ2n) is 9.23. The lowest BCUT2D eigenvalue weighted by Crippen LogP contribution is -2.66. The minimum atomic E-state index is 0.0447. The minimum absolute atomic E-state index is 0.0447. The maximum absolute atomic E-state index is 11.8. The number of amides is 1. The Kier molecular flexibility index (Phi) is 4.49. The second-order valence-corrected chi connectivity index (χ2v) is 9.23. The maximum atomic E-state index is 11.8. The van der Waals surface area contributed by atoms with Crippen LogP contribution in [0.5, 0.6) is 0 Å². The van der Waals surface area contributed by atoms with Crippen LogP contribution in [0.4, 0.5) is 0 Å². The first-order valence-corrected chi connectivity index (χ1v) is 9.21. The molecule has 0 spiro atoms. The van der Waals surface area contributed by atoms with Crippen LogP contribution in [0.3, 0.4) is 0 Å². The molecule has 3 aliphatic heterocycles. The van der Waals surface area contributed by atoms with Crippen molar-refractivity contribution in [2.45, 2.75) is 83.1 Å².